The van der Waals surface area contributed by atoms with E-state index in [2.05, 4.69) is 26.6 Å². The number of carbonyl (C=O) groups excluding carboxylic acids is 13. The topological polar surface area (TPSA) is 394 Å². The lowest BCUT2D eigenvalue weighted by Crippen LogP contribution is -2.45. The molecule has 4 aliphatic heterocycles. The van der Waals surface area contributed by atoms with Crippen LogP contribution in [-0.2, 0) is 57.1 Å². The maximum atomic E-state index is 13.6. The molecule has 646 valence electrons. The summed E-state index contributed by atoms with van der Waals surface area (Å²) in [6.07, 6.45) is 5.16. The van der Waals surface area contributed by atoms with Gasteiger partial charge in [0, 0.05) is 175 Å². The second-order valence-electron chi connectivity index (χ2n) is 29.2. The summed E-state index contributed by atoms with van der Waals surface area (Å²) in [6, 6.07) is 17.4. The van der Waals surface area contributed by atoms with Crippen molar-refractivity contribution in [2.24, 2.45) is 0 Å². The van der Waals surface area contributed by atoms with Crippen LogP contribution in [0.25, 0.3) is 21.5 Å². The number of amides is 13. The van der Waals surface area contributed by atoms with Gasteiger partial charge in [0.05, 0.1) is 119 Å². The molecule has 0 saturated heterocycles. The SMILES string of the molecule is CCNC(=O)c1cc(OCCCNC(=O)CCOCCOCCOCCOCCNC(=O)CCCCCN2C(=O)c3ccc4c5c(ccc(c35)C2=O)C(=O)N(CCN(C)C)C4=O)cc(OCCCNC(=O)CCOCCOCCOCCOCCNC(=O)CCCCCN2C(=O)c3ccc4c5c(ccc(c35)C2=O)C(=O)N(CCN(C)C)C4=O)c1. The molecule has 13 amide bonds. The molecule has 5 N–H and O–H groups in total. The number of unbranched alkanes of at least 4 members (excludes halogenated alkanes) is 4. The Morgan fingerprint density at radius 3 is 0.857 bits per heavy atom. The summed E-state index contributed by atoms with van der Waals surface area (Å²) < 4.78 is 56.3. The number of imide groups is 4. The summed E-state index contributed by atoms with van der Waals surface area (Å²) in [5, 5.41) is 15.5. The minimum atomic E-state index is -0.482. The minimum absolute atomic E-state index is 0.138. The van der Waals surface area contributed by atoms with E-state index in [4.69, 9.17) is 47.4 Å². The maximum absolute atomic E-state index is 13.6. The Labute approximate surface area is 692 Å². The van der Waals surface area contributed by atoms with Crippen LogP contribution in [0.5, 0.6) is 11.5 Å². The normalized spacial score (nSPS) is 13.6. The third-order valence-corrected chi connectivity index (χ3v) is 19.9. The van der Waals surface area contributed by atoms with Crippen LogP contribution < -0.4 is 36.1 Å². The highest BCUT2D eigenvalue weighted by Crippen LogP contribution is 2.40. The van der Waals surface area contributed by atoms with Gasteiger partial charge in [-0.3, -0.25) is 81.9 Å². The van der Waals surface area contributed by atoms with Gasteiger partial charge in [-0.15, -0.1) is 0 Å². The lowest BCUT2D eigenvalue weighted by Gasteiger charge is -2.32. The highest BCUT2D eigenvalue weighted by molar-refractivity contribution is 6.35. The van der Waals surface area contributed by atoms with Crippen molar-refractivity contribution >= 4 is 98.3 Å². The fourth-order valence-electron chi connectivity index (χ4n) is 13.7. The van der Waals surface area contributed by atoms with Gasteiger partial charge in [-0.1, -0.05) is 12.8 Å². The highest BCUT2D eigenvalue weighted by Gasteiger charge is 2.42. The zero-order valence-electron chi connectivity index (χ0n) is 68.9. The predicted molar refractivity (Wildman–Crippen MR) is 436 cm³/mol. The predicted octanol–water partition coefficient (Wildman–Crippen LogP) is 4.69. The third-order valence-electron chi connectivity index (χ3n) is 19.9. The van der Waals surface area contributed by atoms with E-state index in [1.165, 1.54) is 19.6 Å². The monoisotopic (exact) mass is 1660 g/mol. The molecule has 0 spiro atoms. The van der Waals surface area contributed by atoms with E-state index < -0.39 is 47.3 Å². The molecule has 0 aromatic heterocycles. The molecular weight excluding hydrogens is 1540 g/mol. The molecule has 0 radical (unpaired) electrons. The average Bonchev–Trinajstić information content (AvgIpc) is 0.719. The van der Waals surface area contributed by atoms with Gasteiger partial charge in [-0.05, 0) is 134 Å². The van der Waals surface area contributed by atoms with Crippen LogP contribution in [0.1, 0.15) is 177 Å². The van der Waals surface area contributed by atoms with Crippen LogP contribution in [-0.4, -0.2) is 325 Å². The van der Waals surface area contributed by atoms with Gasteiger partial charge in [-0.25, -0.2) is 0 Å². The Morgan fingerprint density at radius 1 is 0.294 bits per heavy atom. The molecule has 34 heteroatoms. The van der Waals surface area contributed by atoms with Crippen molar-refractivity contribution < 1.29 is 110 Å². The summed E-state index contributed by atoms with van der Waals surface area (Å²) in [5.41, 5.74) is 2.61. The molecule has 34 nitrogen and oxygen atoms in total. The van der Waals surface area contributed by atoms with E-state index in [9.17, 15) is 62.3 Å². The Balaban J connectivity index is 0.493. The highest BCUT2D eigenvalue weighted by atomic mass is 16.6. The van der Waals surface area contributed by atoms with E-state index in [1.54, 1.807) is 66.7 Å². The summed E-state index contributed by atoms with van der Waals surface area (Å²) >= 11 is 0. The lowest BCUT2D eigenvalue weighted by atomic mass is 9.86. The molecular formula is C85H113N11O23. The molecule has 0 atom stereocenters. The smallest absolute Gasteiger partial charge is 0.261 e. The Hall–Kier alpha value is -10.3. The number of hydrogen-bond acceptors (Lipinski definition) is 25. The van der Waals surface area contributed by atoms with Crippen LogP contribution in [0.3, 0.4) is 0 Å². The lowest BCUT2D eigenvalue weighted by molar-refractivity contribution is -0.123. The van der Waals surface area contributed by atoms with Gasteiger partial charge in [0.2, 0.25) is 23.6 Å². The number of rotatable bonds is 60. The Bertz CT molecular complexity index is 3980. The average molecular weight is 1660 g/mol. The number of ether oxygens (including phenoxy) is 10. The number of benzene rings is 5. The van der Waals surface area contributed by atoms with E-state index in [1.807, 2.05) is 44.9 Å². The second-order valence-corrected chi connectivity index (χ2v) is 29.2. The fourth-order valence-corrected chi connectivity index (χ4v) is 13.7. The number of hydrogen-bond donors (Lipinski definition) is 5. The first-order valence-corrected chi connectivity index (χ1v) is 41.0. The summed E-state index contributed by atoms with van der Waals surface area (Å²) in [5.74, 6) is -3.81. The molecule has 0 fully saturated rings. The van der Waals surface area contributed by atoms with Crippen molar-refractivity contribution in [2.45, 2.75) is 84.0 Å². The van der Waals surface area contributed by atoms with Gasteiger partial charge in [0.15, 0.2) is 0 Å². The minimum Gasteiger partial charge on any atom is -0.493 e. The number of nitrogens with zero attached hydrogens (tertiary/aromatic N) is 6. The van der Waals surface area contributed by atoms with Crippen LogP contribution in [0, 0.1) is 0 Å². The molecule has 0 aliphatic carbocycles. The van der Waals surface area contributed by atoms with Crippen LogP contribution >= 0.6 is 0 Å². The van der Waals surface area contributed by atoms with Crippen molar-refractivity contribution in [3.05, 3.63) is 117 Å². The third kappa shape index (κ3) is 27.1. The molecule has 4 aliphatic rings. The molecule has 119 heavy (non-hydrogen) atoms. The van der Waals surface area contributed by atoms with Gasteiger partial charge < -0.3 is 83.8 Å². The zero-order chi connectivity index (χ0) is 85.0. The summed E-state index contributed by atoms with van der Waals surface area (Å²) in [4.78, 5) is 179. The van der Waals surface area contributed by atoms with Crippen LogP contribution in [0.2, 0.25) is 0 Å². The molecule has 0 bridgehead atoms. The Kier molecular flexibility index (Phi) is 37.9. The van der Waals surface area contributed by atoms with Crippen molar-refractivity contribution in [3.8, 4) is 11.5 Å². The molecule has 4 heterocycles. The molecule has 5 aromatic rings. The van der Waals surface area contributed by atoms with E-state index in [0.717, 1.165) is 0 Å². The first kappa shape index (κ1) is 92.6. The summed E-state index contributed by atoms with van der Waals surface area (Å²) in [6.45, 7) is 10.8. The van der Waals surface area contributed by atoms with Gasteiger partial charge in [0.1, 0.15) is 11.5 Å². The first-order chi connectivity index (χ1) is 57.7. The number of likely N-dealkylation sites (N-methyl/N-ethyl adjacent to an activating group) is 2. The fraction of sp³-hybridized carbons (Fsp3) is 0.541. The van der Waals surface area contributed by atoms with Gasteiger partial charge in [-0.2, -0.15) is 0 Å². The van der Waals surface area contributed by atoms with Crippen LogP contribution in [0.4, 0.5) is 0 Å². The second kappa shape index (κ2) is 48.7. The van der Waals surface area contributed by atoms with Crippen molar-refractivity contribution in [2.75, 3.05) is 219 Å². The van der Waals surface area contributed by atoms with Gasteiger partial charge >= 0.3 is 0 Å². The molecule has 5 aromatic carbocycles. The van der Waals surface area contributed by atoms with E-state index in [-0.39, 0.29) is 130 Å². The maximum Gasteiger partial charge on any atom is 0.261 e. The van der Waals surface area contributed by atoms with Gasteiger partial charge in [0.25, 0.3) is 53.2 Å². The van der Waals surface area contributed by atoms with E-state index in [0.29, 0.717) is 251 Å². The Morgan fingerprint density at radius 2 is 0.563 bits per heavy atom. The molecule has 9 rings (SSSR count). The quantitative estimate of drug-likeness (QED) is 0.0260. The van der Waals surface area contributed by atoms with Crippen molar-refractivity contribution in [1.82, 2.24) is 56.0 Å². The van der Waals surface area contributed by atoms with Crippen LogP contribution in [0.15, 0.2) is 66.7 Å². The summed E-state index contributed by atoms with van der Waals surface area (Å²) in [7, 11) is 7.40. The largest absolute Gasteiger partial charge is 0.493 e. The number of nitrogens with one attached hydrogen (secondary N) is 5. The standard InChI is InChI=1S/C85H113N11O23/c1-6-86-77(101)58-55-59(118-37-13-27-87-71(99)25-39-110-43-47-114-51-53-116-49-45-112-41-29-89-69(97)15-9-7-11-31-93-78(102)61-17-21-65-75-66(22-18-62(73(61)75)79(93)103)83(107)95(82(65)106)35-33-91(2)3)57-60(56-58)119-38-14-28-88-72(100)26-40-111-44-48-115-52-54-117-50-46-113-42-30-90-70(98)16-10-8-12-32-94-80(104)63-19-23-67-76-68(24-20-64(74(63)76)81(94)105)85(109)96(84(67)108)36-34-92(4)5/h17-24,55-57H,6-16,25-54H2,1-5H3,(H,86,101)(H,87,99)(H,88,100)(H,89,97)(H,90,98). The zero-order valence-corrected chi connectivity index (χ0v) is 68.9. The van der Waals surface area contributed by atoms with Crippen molar-refractivity contribution in [1.29, 1.82) is 0 Å². The van der Waals surface area contributed by atoms with Crippen molar-refractivity contribution in [3.63, 3.8) is 0 Å². The molecule has 0 unspecified atom stereocenters. The number of carbonyl (C=O) groups is 13. The van der Waals surface area contributed by atoms with E-state index >= 15 is 0 Å². The first-order valence-electron chi connectivity index (χ1n) is 41.0. The molecule has 0 saturated carbocycles.